The first-order valence-electron chi connectivity index (χ1n) is 14.6. The monoisotopic (exact) mass is 607 g/mol. The lowest BCUT2D eigenvalue weighted by atomic mass is 9.95. The van der Waals surface area contributed by atoms with Crippen LogP contribution in [0.15, 0.2) is 77.7 Å². The van der Waals surface area contributed by atoms with Gasteiger partial charge in [0.1, 0.15) is 24.1 Å². The third-order valence-electron chi connectivity index (χ3n) is 7.85. The Morgan fingerprint density at radius 2 is 1.56 bits per heavy atom. The van der Waals surface area contributed by atoms with Crippen molar-refractivity contribution in [3.63, 3.8) is 0 Å². The molecule has 0 spiro atoms. The van der Waals surface area contributed by atoms with E-state index in [0.29, 0.717) is 17.2 Å². The van der Waals surface area contributed by atoms with Crippen molar-refractivity contribution >= 4 is 27.5 Å². The van der Waals surface area contributed by atoms with Crippen LogP contribution in [0.25, 0.3) is 0 Å². The Labute approximate surface area is 254 Å². The summed E-state index contributed by atoms with van der Waals surface area (Å²) in [5, 5.41) is 3.12. The van der Waals surface area contributed by atoms with Crippen LogP contribution in [-0.4, -0.2) is 58.0 Å². The molecule has 3 aromatic rings. The van der Waals surface area contributed by atoms with Gasteiger partial charge in [0.05, 0.1) is 24.8 Å². The maximum atomic E-state index is 14.2. The molecule has 1 saturated carbocycles. The van der Waals surface area contributed by atoms with Crippen molar-refractivity contribution in [2.24, 2.45) is 0 Å². The Kier molecular flexibility index (Phi) is 10.7. The number of benzene rings is 3. The molecular formula is C33H41N3O6S. The Hall–Kier alpha value is -4.05. The minimum Gasteiger partial charge on any atom is -0.497 e. The lowest BCUT2D eigenvalue weighted by Gasteiger charge is -2.33. The van der Waals surface area contributed by atoms with Crippen LogP contribution in [-0.2, 0) is 26.2 Å². The van der Waals surface area contributed by atoms with E-state index in [0.717, 1.165) is 47.5 Å². The first kappa shape index (κ1) is 31.9. The molecule has 1 fully saturated rings. The van der Waals surface area contributed by atoms with Gasteiger partial charge in [-0.25, -0.2) is 8.42 Å². The highest BCUT2D eigenvalue weighted by Gasteiger charge is 2.33. The van der Waals surface area contributed by atoms with Crippen LogP contribution in [0.1, 0.15) is 50.2 Å². The summed E-state index contributed by atoms with van der Waals surface area (Å²) in [6, 6.07) is 19.5. The van der Waals surface area contributed by atoms with E-state index in [1.807, 2.05) is 19.1 Å². The zero-order valence-corrected chi connectivity index (χ0v) is 26.1. The van der Waals surface area contributed by atoms with E-state index in [9.17, 15) is 18.0 Å². The van der Waals surface area contributed by atoms with E-state index in [-0.39, 0.29) is 23.4 Å². The van der Waals surface area contributed by atoms with Crippen molar-refractivity contribution in [1.29, 1.82) is 0 Å². The molecule has 0 saturated heterocycles. The van der Waals surface area contributed by atoms with Crippen LogP contribution >= 0.6 is 0 Å². The van der Waals surface area contributed by atoms with E-state index in [4.69, 9.17) is 9.47 Å². The van der Waals surface area contributed by atoms with Crippen molar-refractivity contribution in [3.8, 4) is 11.5 Å². The molecule has 10 heteroatoms. The summed E-state index contributed by atoms with van der Waals surface area (Å²) in [7, 11) is -1.06. The number of rotatable bonds is 12. The summed E-state index contributed by atoms with van der Waals surface area (Å²) < 4.78 is 39.7. The van der Waals surface area contributed by atoms with Gasteiger partial charge in [-0.3, -0.25) is 13.9 Å². The first-order chi connectivity index (χ1) is 20.6. The second kappa shape index (κ2) is 14.4. The van der Waals surface area contributed by atoms with E-state index >= 15 is 0 Å². The fraction of sp³-hybridized carbons (Fsp3) is 0.394. The SMILES string of the molecule is COc1ccc(N(CC(=O)N(Cc2cccc(OC)c2)[C@H](C)C(=O)NC2CCCCC2)S(=O)(=O)c2ccc(C)cc2)cc1. The third kappa shape index (κ3) is 8.07. The summed E-state index contributed by atoms with van der Waals surface area (Å²) >= 11 is 0. The third-order valence-corrected chi connectivity index (χ3v) is 9.64. The number of nitrogens with one attached hydrogen (secondary N) is 1. The van der Waals surface area contributed by atoms with Crippen molar-refractivity contribution in [2.75, 3.05) is 25.1 Å². The number of anilines is 1. The average Bonchev–Trinajstić information content (AvgIpc) is 3.02. The highest BCUT2D eigenvalue weighted by atomic mass is 32.2. The quantitative estimate of drug-likeness (QED) is 0.308. The molecule has 1 N–H and O–H groups in total. The zero-order chi connectivity index (χ0) is 31.0. The second-order valence-electron chi connectivity index (χ2n) is 10.9. The Bertz CT molecular complexity index is 1490. The van der Waals surface area contributed by atoms with Crippen LogP contribution < -0.4 is 19.1 Å². The highest BCUT2D eigenvalue weighted by molar-refractivity contribution is 7.92. The molecule has 0 bridgehead atoms. The number of nitrogens with zero attached hydrogens (tertiary/aromatic N) is 2. The highest BCUT2D eigenvalue weighted by Crippen LogP contribution is 2.27. The first-order valence-corrected chi connectivity index (χ1v) is 16.0. The lowest BCUT2D eigenvalue weighted by Crippen LogP contribution is -2.53. The maximum absolute atomic E-state index is 14.2. The van der Waals surface area contributed by atoms with Crippen molar-refractivity contribution < 1.29 is 27.5 Å². The molecule has 1 atom stereocenters. The molecular weight excluding hydrogens is 566 g/mol. The number of methoxy groups -OCH3 is 2. The predicted octanol–water partition coefficient (Wildman–Crippen LogP) is 5.07. The number of amides is 2. The largest absolute Gasteiger partial charge is 0.497 e. The van der Waals surface area contributed by atoms with Gasteiger partial charge in [0.2, 0.25) is 11.8 Å². The molecule has 9 nitrogen and oxygen atoms in total. The van der Waals surface area contributed by atoms with Gasteiger partial charge in [-0.15, -0.1) is 0 Å². The van der Waals surface area contributed by atoms with Gasteiger partial charge in [0.15, 0.2) is 0 Å². The molecule has 2 amide bonds. The minimum absolute atomic E-state index is 0.0594. The van der Waals surface area contributed by atoms with E-state index < -0.39 is 28.5 Å². The van der Waals surface area contributed by atoms with Gasteiger partial charge in [-0.1, -0.05) is 49.1 Å². The molecule has 0 unspecified atom stereocenters. The van der Waals surface area contributed by atoms with Crippen molar-refractivity contribution in [3.05, 3.63) is 83.9 Å². The number of carbonyl (C=O) groups is 2. The zero-order valence-electron chi connectivity index (χ0n) is 25.3. The molecule has 1 aliphatic rings. The van der Waals surface area contributed by atoms with Gasteiger partial charge in [-0.05, 0) is 80.8 Å². The molecule has 4 rings (SSSR count). The lowest BCUT2D eigenvalue weighted by molar-refractivity contribution is -0.139. The van der Waals surface area contributed by atoms with Gasteiger partial charge in [-0.2, -0.15) is 0 Å². The van der Waals surface area contributed by atoms with E-state index in [1.165, 1.54) is 24.1 Å². The summed E-state index contributed by atoms with van der Waals surface area (Å²) in [5.41, 5.74) is 1.96. The fourth-order valence-electron chi connectivity index (χ4n) is 5.23. The molecule has 0 aliphatic heterocycles. The molecule has 0 heterocycles. The van der Waals surface area contributed by atoms with Gasteiger partial charge in [0, 0.05) is 12.6 Å². The minimum atomic E-state index is -4.15. The number of aryl methyl sites for hydroxylation is 1. The predicted molar refractivity (Wildman–Crippen MR) is 167 cm³/mol. The Morgan fingerprint density at radius 1 is 0.907 bits per heavy atom. The van der Waals surface area contributed by atoms with E-state index in [2.05, 4.69) is 5.32 Å². The molecule has 0 aromatic heterocycles. The Balaban J connectivity index is 1.68. The van der Waals surface area contributed by atoms with Crippen LogP contribution in [0.3, 0.4) is 0 Å². The molecule has 0 radical (unpaired) electrons. The number of ether oxygens (including phenoxy) is 2. The smallest absolute Gasteiger partial charge is 0.264 e. The topological polar surface area (TPSA) is 105 Å². The van der Waals surface area contributed by atoms with Crippen molar-refractivity contribution in [2.45, 2.75) is 69.5 Å². The number of hydrogen-bond acceptors (Lipinski definition) is 6. The molecule has 1 aliphatic carbocycles. The normalized spacial score (nSPS) is 14.4. The summed E-state index contributed by atoms with van der Waals surface area (Å²) in [6.45, 7) is 3.14. The van der Waals surface area contributed by atoms with Gasteiger partial charge in [0.25, 0.3) is 10.0 Å². The average molecular weight is 608 g/mol. The number of hydrogen-bond donors (Lipinski definition) is 1. The molecule has 43 heavy (non-hydrogen) atoms. The van der Waals surface area contributed by atoms with Crippen LogP contribution in [0, 0.1) is 6.92 Å². The van der Waals surface area contributed by atoms with Crippen molar-refractivity contribution in [1.82, 2.24) is 10.2 Å². The van der Waals surface area contributed by atoms with E-state index in [1.54, 1.807) is 62.6 Å². The standard InChI is InChI=1S/C33H41N3O6S/c1-24-13-19-31(20-14-24)43(39,40)36(28-15-17-29(41-3)18-16-28)23-32(37)35(22-26-9-8-12-30(21-26)42-4)25(2)33(38)34-27-10-6-5-7-11-27/h8-9,12-21,25,27H,5-7,10-11,22-23H2,1-4H3,(H,34,38)/t25-/m1/s1. The van der Waals surface area contributed by atoms with Gasteiger partial charge < -0.3 is 19.7 Å². The molecule has 230 valence electrons. The van der Waals surface area contributed by atoms with Crippen LogP contribution in [0.4, 0.5) is 5.69 Å². The van der Waals surface area contributed by atoms with Crippen LogP contribution in [0.2, 0.25) is 0 Å². The molecule has 3 aromatic carbocycles. The number of sulfonamides is 1. The summed E-state index contributed by atoms with van der Waals surface area (Å²) in [5.74, 6) is 0.391. The Morgan fingerprint density at radius 3 is 2.19 bits per heavy atom. The summed E-state index contributed by atoms with van der Waals surface area (Å²) in [6.07, 6.45) is 5.07. The number of carbonyl (C=O) groups excluding carboxylic acids is 2. The second-order valence-corrected chi connectivity index (χ2v) is 12.8. The van der Waals surface area contributed by atoms with Crippen LogP contribution in [0.5, 0.6) is 11.5 Å². The van der Waals surface area contributed by atoms with Gasteiger partial charge >= 0.3 is 0 Å². The maximum Gasteiger partial charge on any atom is 0.264 e. The fourth-order valence-corrected chi connectivity index (χ4v) is 6.65. The summed E-state index contributed by atoms with van der Waals surface area (Å²) in [4.78, 5) is 29.1.